The van der Waals surface area contributed by atoms with Gasteiger partial charge in [0.15, 0.2) is 0 Å². The Hall–Kier alpha value is -3.06. The van der Waals surface area contributed by atoms with Crippen molar-refractivity contribution in [3.05, 3.63) is 66.7 Å². The minimum atomic E-state index is -0.326. The quantitative estimate of drug-likeness (QED) is 0.0753. The molecule has 3 unspecified atom stereocenters. The van der Waals surface area contributed by atoms with Gasteiger partial charge in [0.25, 0.3) is 0 Å². The SMILES string of the molecule is C=CC(=O)OCCCCCCCCCCCC1(C#N)CCCC(c2ccc(-c3ccc(OC(CCC)CCCC)cc3)cc2)C1. The smallest absolute Gasteiger partial charge is 0.330 e. The molecule has 0 aliphatic heterocycles. The molecule has 246 valence electrons. The Bertz CT molecular complexity index is 1150. The van der Waals surface area contributed by atoms with Crippen LogP contribution in [0.2, 0.25) is 0 Å². The minimum Gasteiger partial charge on any atom is -0.490 e. The Morgan fingerprint density at radius 1 is 0.889 bits per heavy atom. The zero-order valence-corrected chi connectivity index (χ0v) is 28.4. The average molecular weight is 614 g/mol. The van der Waals surface area contributed by atoms with Crippen LogP contribution >= 0.6 is 0 Å². The Morgan fingerprint density at radius 2 is 1.51 bits per heavy atom. The summed E-state index contributed by atoms with van der Waals surface area (Å²) >= 11 is 0. The minimum absolute atomic E-state index is 0.167. The number of carbonyl (C=O) groups is 1. The standard InChI is InChI=1S/C41H59NO3/c1-4-7-20-38(18-5-2)45-39-27-25-35(26-28-39)34-21-23-36(24-22-34)37-19-17-30-41(32-37,33-42)29-15-13-11-9-8-10-12-14-16-31-44-40(43)6-3/h6,21-28,37-38H,3-5,7-20,29-32H2,1-2H3. The second-order valence-corrected chi connectivity index (χ2v) is 13.3. The van der Waals surface area contributed by atoms with E-state index in [0.29, 0.717) is 18.6 Å². The summed E-state index contributed by atoms with van der Waals surface area (Å²) < 4.78 is 11.3. The van der Waals surface area contributed by atoms with Gasteiger partial charge in [0, 0.05) is 6.08 Å². The lowest BCUT2D eigenvalue weighted by atomic mass is 9.66. The lowest BCUT2D eigenvalue weighted by Crippen LogP contribution is -2.26. The van der Waals surface area contributed by atoms with Gasteiger partial charge in [-0.2, -0.15) is 5.26 Å². The van der Waals surface area contributed by atoms with Gasteiger partial charge in [-0.15, -0.1) is 0 Å². The van der Waals surface area contributed by atoms with E-state index in [0.717, 1.165) is 70.0 Å². The zero-order chi connectivity index (χ0) is 32.2. The Labute approximate surface area is 274 Å². The van der Waals surface area contributed by atoms with Crippen LogP contribution in [0.15, 0.2) is 61.2 Å². The second kappa shape index (κ2) is 20.9. The summed E-state index contributed by atoms with van der Waals surface area (Å²) in [7, 11) is 0. The monoisotopic (exact) mass is 613 g/mol. The number of rotatable bonds is 22. The first-order valence-electron chi connectivity index (χ1n) is 18.1. The summed E-state index contributed by atoms with van der Waals surface area (Å²) in [6.07, 6.45) is 23.4. The molecule has 0 aromatic heterocycles. The van der Waals surface area contributed by atoms with Crippen LogP contribution in [0.1, 0.15) is 147 Å². The van der Waals surface area contributed by atoms with Crippen LogP contribution in [-0.2, 0) is 9.53 Å². The van der Waals surface area contributed by atoms with Gasteiger partial charge >= 0.3 is 5.97 Å². The normalized spacial score (nSPS) is 18.6. The predicted octanol–water partition coefficient (Wildman–Crippen LogP) is 11.9. The number of carbonyl (C=O) groups excluding carboxylic acids is 1. The fraction of sp³-hybridized carbons (Fsp3) is 0.610. The van der Waals surface area contributed by atoms with E-state index in [1.54, 1.807) is 0 Å². The number of ether oxygens (including phenoxy) is 2. The summed E-state index contributed by atoms with van der Waals surface area (Å²) in [5.41, 5.74) is 3.67. The molecular formula is C41H59NO3. The third-order valence-corrected chi connectivity index (χ3v) is 9.66. The Balaban J connectivity index is 1.39. The van der Waals surface area contributed by atoms with Gasteiger partial charge in [-0.05, 0) is 79.7 Å². The molecule has 0 heterocycles. The van der Waals surface area contributed by atoms with Crippen molar-refractivity contribution in [1.29, 1.82) is 5.26 Å². The predicted molar refractivity (Wildman–Crippen MR) is 187 cm³/mol. The van der Waals surface area contributed by atoms with E-state index >= 15 is 0 Å². The molecule has 1 fully saturated rings. The highest BCUT2D eigenvalue weighted by molar-refractivity contribution is 5.81. The molecule has 2 aromatic rings. The molecule has 0 radical (unpaired) electrons. The van der Waals surface area contributed by atoms with Crippen LogP contribution in [0.5, 0.6) is 5.75 Å². The second-order valence-electron chi connectivity index (χ2n) is 13.3. The zero-order valence-electron chi connectivity index (χ0n) is 28.4. The van der Waals surface area contributed by atoms with Crippen LogP contribution < -0.4 is 4.74 Å². The van der Waals surface area contributed by atoms with Crippen molar-refractivity contribution in [3.63, 3.8) is 0 Å². The topological polar surface area (TPSA) is 59.3 Å². The molecule has 45 heavy (non-hydrogen) atoms. The summed E-state index contributed by atoms with van der Waals surface area (Å²) in [5, 5.41) is 10.3. The molecule has 3 atom stereocenters. The molecule has 4 heteroatoms. The van der Waals surface area contributed by atoms with Gasteiger partial charge in [0.05, 0.1) is 24.2 Å². The fourth-order valence-corrected chi connectivity index (χ4v) is 6.95. The lowest BCUT2D eigenvalue weighted by molar-refractivity contribution is -0.137. The molecular weight excluding hydrogens is 554 g/mol. The highest BCUT2D eigenvalue weighted by Gasteiger charge is 2.36. The Morgan fingerprint density at radius 3 is 2.11 bits per heavy atom. The molecule has 1 saturated carbocycles. The van der Waals surface area contributed by atoms with Crippen molar-refractivity contribution in [2.75, 3.05) is 6.61 Å². The van der Waals surface area contributed by atoms with Gasteiger partial charge in [-0.3, -0.25) is 0 Å². The molecule has 0 amide bonds. The molecule has 4 nitrogen and oxygen atoms in total. The molecule has 0 saturated heterocycles. The van der Waals surface area contributed by atoms with Crippen molar-refractivity contribution in [1.82, 2.24) is 0 Å². The van der Waals surface area contributed by atoms with Gasteiger partial charge in [0.1, 0.15) is 5.75 Å². The number of hydrogen-bond donors (Lipinski definition) is 0. The summed E-state index contributed by atoms with van der Waals surface area (Å²) in [6, 6.07) is 20.5. The number of nitrogens with zero attached hydrogens (tertiary/aromatic N) is 1. The van der Waals surface area contributed by atoms with Gasteiger partial charge in [0.2, 0.25) is 0 Å². The molecule has 1 aliphatic rings. The number of hydrogen-bond acceptors (Lipinski definition) is 4. The first kappa shape index (κ1) is 36.4. The number of nitriles is 1. The van der Waals surface area contributed by atoms with Crippen molar-refractivity contribution in [2.24, 2.45) is 5.41 Å². The van der Waals surface area contributed by atoms with E-state index in [2.05, 4.69) is 75.0 Å². The summed E-state index contributed by atoms with van der Waals surface area (Å²) in [4.78, 5) is 11.0. The van der Waals surface area contributed by atoms with E-state index < -0.39 is 0 Å². The van der Waals surface area contributed by atoms with Gasteiger partial charge < -0.3 is 9.47 Å². The van der Waals surface area contributed by atoms with Crippen molar-refractivity contribution in [3.8, 4) is 22.9 Å². The third kappa shape index (κ3) is 13.1. The lowest BCUT2D eigenvalue weighted by Gasteiger charge is -2.36. The largest absolute Gasteiger partial charge is 0.490 e. The van der Waals surface area contributed by atoms with E-state index in [1.165, 1.54) is 80.6 Å². The fourth-order valence-electron chi connectivity index (χ4n) is 6.95. The van der Waals surface area contributed by atoms with Gasteiger partial charge in [-0.25, -0.2) is 4.79 Å². The third-order valence-electron chi connectivity index (χ3n) is 9.66. The van der Waals surface area contributed by atoms with Crippen LogP contribution in [0.3, 0.4) is 0 Å². The molecule has 0 bridgehead atoms. The number of esters is 1. The van der Waals surface area contributed by atoms with Crippen molar-refractivity contribution >= 4 is 5.97 Å². The van der Waals surface area contributed by atoms with Crippen LogP contribution in [-0.4, -0.2) is 18.7 Å². The van der Waals surface area contributed by atoms with E-state index in [9.17, 15) is 10.1 Å². The number of unbranched alkanes of at least 4 members (excludes halogenated alkanes) is 9. The van der Waals surface area contributed by atoms with E-state index in [1.807, 2.05) is 0 Å². The molecule has 2 aromatic carbocycles. The van der Waals surface area contributed by atoms with Crippen molar-refractivity contribution in [2.45, 2.75) is 148 Å². The van der Waals surface area contributed by atoms with E-state index in [4.69, 9.17) is 9.47 Å². The molecule has 3 rings (SSSR count). The van der Waals surface area contributed by atoms with Crippen LogP contribution in [0, 0.1) is 16.7 Å². The maximum atomic E-state index is 11.0. The maximum Gasteiger partial charge on any atom is 0.330 e. The van der Waals surface area contributed by atoms with E-state index in [-0.39, 0.29) is 11.4 Å². The molecule has 0 N–H and O–H groups in total. The first-order valence-corrected chi connectivity index (χ1v) is 18.1. The molecule has 1 aliphatic carbocycles. The number of benzene rings is 2. The highest BCUT2D eigenvalue weighted by atomic mass is 16.5. The average Bonchev–Trinajstić information content (AvgIpc) is 3.08. The summed E-state index contributed by atoms with van der Waals surface area (Å²) in [6.45, 7) is 8.38. The van der Waals surface area contributed by atoms with Crippen LogP contribution in [0.25, 0.3) is 11.1 Å². The summed E-state index contributed by atoms with van der Waals surface area (Å²) in [5.74, 6) is 1.12. The Kier molecular flexibility index (Phi) is 16.9. The van der Waals surface area contributed by atoms with Crippen molar-refractivity contribution < 1.29 is 14.3 Å². The van der Waals surface area contributed by atoms with Gasteiger partial charge in [-0.1, -0.05) is 134 Å². The maximum absolute atomic E-state index is 11.0. The first-order chi connectivity index (χ1) is 22.0. The van der Waals surface area contributed by atoms with Crippen LogP contribution in [0.4, 0.5) is 0 Å². The molecule has 0 spiro atoms. The highest BCUT2D eigenvalue weighted by Crippen LogP contribution is 2.47.